The fourth-order valence-corrected chi connectivity index (χ4v) is 0.313. The van der Waals surface area contributed by atoms with Gasteiger partial charge in [0.05, 0.1) is 12.7 Å². The van der Waals surface area contributed by atoms with E-state index in [0.29, 0.717) is 0 Å². The summed E-state index contributed by atoms with van der Waals surface area (Å²) in [5, 5.41) is 17.0. The van der Waals surface area contributed by atoms with E-state index >= 15 is 0 Å². The van der Waals surface area contributed by atoms with Crippen molar-refractivity contribution in [3.8, 4) is 6.07 Å². The average Bonchev–Trinajstić information content (AvgIpc) is 1.67. The summed E-state index contributed by atoms with van der Waals surface area (Å²) in [5.74, 6) is 0. The zero-order valence-electron chi connectivity index (χ0n) is 5.01. The largest absolute Gasteiger partial charge is 0.381 e. The molecule has 3 nitrogen and oxygen atoms in total. The first-order chi connectivity index (χ1) is 3.62. The summed E-state index contributed by atoms with van der Waals surface area (Å²) in [6, 6.07) is 1.67. The molecule has 0 aliphatic rings. The molecule has 0 radical (unpaired) electrons. The van der Waals surface area contributed by atoms with Crippen molar-refractivity contribution < 1.29 is 9.84 Å². The van der Waals surface area contributed by atoms with Gasteiger partial charge in [-0.2, -0.15) is 5.26 Å². The van der Waals surface area contributed by atoms with Crippen LogP contribution in [-0.2, 0) is 4.74 Å². The SMILES string of the molecule is COCC(C)(O)C#N. The molecule has 0 aromatic heterocycles. The Hall–Kier alpha value is -0.590. The van der Waals surface area contributed by atoms with Gasteiger partial charge >= 0.3 is 0 Å². The number of hydrogen-bond acceptors (Lipinski definition) is 3. The van der Waals surface area contributed by atoms with Crippen molar-refractivity contribution in [2.24, 2.45) is 0 Å². The fraction of sp³-hybridized carbons (Fsp3) is 0.800. The highest BCUT2D eigenvalue weighted by Crippen LogP contribution is 1.98. The molecule has 0 aliphatic heterocycles. The smallest absolute Gasteiger partial charge is 0.171 e. The third-order valence-electron chi connectivity index (χ3n) is 0.666. The summed E-state index contributed by atoms with van der Waals surface area (Å²) in [6.45, 7) is 1.46. The molecule has 0 saturated heterocycles. The second-order valence-electron chi connectivity index (χ2n) is 1.82. The molecule has 1 N–H and O–H groups in total. The van der Waals surface area contributed by atoms with Crippen LogP contribution in [0.5, 0.6) is 0 Å². The van der Waals surface area contributed by atoms with Gasteiger partial charge < -0.3 is 9.84 Å². The maximum absolute atomic E-state index is 8.84. The Morgan fingerprint density at radius 1 is 1.88 bits per heavy atom. The highest BCUT2D eigenvalue weighted by Gasteiger charge is 2.17. The van der Waals surface area contributed by atoms with Crippen molar-refractivity contribution in [2.75, 3.05) is 13.7 Å². The van der Waals surface area contributed by atoms with E-state index in [9.17, 15) is 0 Å². The van der Waals surface area contributed by atoms with Crippen molar-refractivity contribution in [3.05, 3.63) is 0 Å². The quantitative estimate of drug-likeness (QED) is 0.511. The van der Waals surface area contributed by atoms with Gasteiger partial charge in [0.25, 0.3) is 0 Å². The minimum absolute atomic E-state index is 0.0590. The molecule has 8 heavy (non-hydrogen) atoms. The van der Waals surface area contributed by atoms with Crippen LogP contribution >= 0.6 is 0 Å². The van der Waals surface area contributed by atoms with Crippen molar-refractivity contribution in [3.63, 3.8) is 0 Å². The lowest BCUT2D eigenvalue weighted by molar-refractivity contribution is 0.0259. The number of rotatable bonds is 2. The summed E-state index contributed by atoms with van der Waals surface area (Å²) in [7, 11) is 1.44. The third kappa shape index (κ3) is 2.56. The molecule has 0 saturated carbocycles. The van der Waals surface area contributed by atoms with E-state index in [4.69, 9.17) is 10.4 Å². The van der Waals surface area contributed by atoms with Gasteiger partial charge in [-0.25, -0.2) is 0 Å². The molecular formula is C5H9NO2. The van der Waals surface area contributed by atoms with Crippen LogP contribution in [0.3, 0.4) is 0 Å². The number of aliphatic hydroxyl groups is 1. The predicted molar refractivity (Wildman–Crippen MR) is 28.1 cm³/mol. The van der Waals surface area contributed by atoms with E-state index in [0.717, 1.165) is 0 Å². The van der Waals surface area contributed by atoms with Crippen molar-refractivity contribution in [2.45, 2.75) is 12.5 Å². The number of nitriles is 1. The number of hydrogen-bond donors (Lipinski definition) is 1. The molecule has 3 heteroatoms. The van der Waals surface area contributed by atoms with Crippen LogP contribution in [-0.4, -0.2) is 24.4 Å². The molecule has 46 valence electrons. The Morgan fingerprint density at radius 2 is 2.38 bits per heavy atom. The lowest BCUT2D eigenvalue weighted by Gasteiger charge is -2.10. The summed E-state index contributed by atoms with van der Waals surface area (Å²) < 4.78 is 4.53. The van der Waals surface area contributed by atoms with Gasteiger partial charge in [0.1, 0.15) is 0 Å². The minimum Gasteiger partial charge on any atom is -0.381 e. The lowest BCUT2D eigenvalue weighted by atomic mass is 10.1. The lowest BCUT2D eigenvalue weighted by Crippen LogP contribution is -2.27. The Morgan fingerprint density at radius 3 is 2.50 bits per heavy atom. The molecule has 0 spiro atoms. The molecule has 1 atom stereocenters. The monoisotopic (exact) mass is 115 g/mol. The Bertz CT molecular complexity index is 103. The standard InChI is InChI=1S/C5H9NO2/c1-5(7,3-6)4-8-2/h7H,4H2,1-2H3. The van der Waals surface area contributed by atoms with Crippen LogP contribution in [0.4, 0.5) is 0 Å². The van der Waals surface area contributed by atoms with E-state index in [2.05, 4.69) is 4.74 Å². The highest BCUT2D eigenvalue weighted by atomic mass is 16.5. The van der Waals surface area contributed by atoms with Crippen LogP contribution in [0.25, 0.3) is 0 Å². The predicted octanol–water partition coefficient (Wildman–Crippen LogP) is -0.0926. The molecule has 1 unspecified atom stereocenters. The molecule has 0 bridgehead atoms. The Labute approximate surface area is 48.5 Å². The second-order valence-corrected chi connectivity index (χ2v) is 1.82. The number of methoxy groups -OCH3 is 1. The normalized spacial score (nSPS) is 16.8. The van der Waals surface area contributed by atoms with Gasteiger partial charge in [-0.05, 0) is 6.92 Å². The summed E-state index contributed by atoms with van der Waals surface area (Å²) in [5.41, 5.74) is -1.32. The van der Waals surface area contributed by atoms with E-state index in [1.165, 1.54) is 14.0 Å². The third-order valence-corrected chi connectivity index (χ3v) is 0.666. The van der Waals surface area contributed by atoms with E-state index in [-0.39, 0.29) is 6.61 Å². The molecular weight excluding hydrogens is 106 g/mol. The van der Waals surface area contributed by atoms with Crippen molar-refractivity contribution >= 4 is 0 Å². The number of ether oxygens (including phenoxy) is 1. The van der Waals surface area contributed by atoms with Crippen molar-refractivity contribution in [1.82, 2.24) is 0 Å². The summed E-state index contributed by atoms with van der Waals surface area (Å²) in [6.07, 6.45) is 0. The first-order valence-electron chi connectivity index (χ1n) is 2.25. The molecule has 0 aromatic rings. The molecule has 0 fully saturated rings. The topological polar surface area (TPSA) is 53.2 Å². The number of nitrogens with zero attached hydrogens (tertiary/aromatic N) is 1. The highest BCUT2D eigenvalue weighted by molar-refractivity contribution is 4.95. The van der Waals surface area contributed by atoms with E-state index in [1.54, 1.807) is 6.07 Å². The zero-order chi connectivity index (χ0) is 6.62. The van der Waals surface area contributed by atoms with Gasteiger partial charge in [0, 0.05) is 7.11 Å². The first kappa shape index (κ1) is 7.41. The summed E-state index contributed by atoms with van der Waals surface area (Å²) >= 11 is 0. The van der Waals surface area contributed by atoms with E-state index in [1.807, 2.05) is 0 Å². The maximum Gasteiger partial charge on any atom is 0.171 e. The summed E-state index contributed by atoms with van der Waals surface area (Å²) in [4.78, 5) is 0. The molecule has 0 rings (SSSR count). The average molecular weight is 115 g/mol. The van der Waals surface area contributed by atoms with Crippen molar-refractivity contribution in [1.29, 1.82) is 5.26 Å². The molecule has 0 amide bonds. The minimum atomic E-state index is -1.32. The Kier molecular flexibility index (Phi) is 2.46. The zero-order valence-corrected chi connectivity index (χ0v) is 5.01. The van der Waals surface area contributed by atoms with Crippen LogP contribution in [0.2, 0.25) is 0 Å². The molecule has 0 aromatic carbocycles. The van der Waals surface area contributed by atoms with Gasteiger partial charge in [0.2, 0.25) is 0 Å². The second kappa shape index (κ2) is 2.65. The van der Waals surface area contributed by atoms with Crippen LogP contribution in [0, 0.1) is 11.3 Å². The van der Waals surface area contributed by atoms with Gasteiger partial charge in [-0.3, -0.25) is 0 Å². The van der Waals surface area contributed by atoms with Crippen LogP contribution in [0.15, 0.2) is 0 Å². The van der Waals surface area contributed by atoms with Gasteiger partial charge in [-0.15, -0.1) is 0 Å². The van der Waals surface area contributed by atoms with Crippen LogP contribution in [0.1, 0.15) is 6.92 Å². The molecule has 0 heterocycles. The fourth-order valence-electron chi connectivity index (χ4n) is 0.313. The van der Waals surface area contributed by atoms with Gasteiger partial charge in [-0.1, -0.05) is 0 Å². The molecule has 0 aliphatic carbocycles. The van der Waals surface area contributed by atoms with Crippen LogP contribution < -0.4 is 0 Å². The Balaban J connectivity index is 3.59. The first-order valence-corrected chi connectivity index (χ1v) is 2.25. The van der Waals surface area contributed by atoms with E-state index < -0.39 is 5.60 Å². The van der Waals surface area contributed by atoms with Gasteiger partial charge in [0.15, 0.2) is 5.60 Å². The maximum atomic E-state index is 8.84.